The van der Waals surface area contributed by atoms with Crippen molar-refractivity contribution in [2.45, 2.75) is 58.2 Å². The minimum absolute atomic E-state index is 0.0294. The van der Waals surface area contributed by atoms with Crippen LogP contribution in [0.25, 0.3) is 10.9 Å². The molecule has 2 aromatic carbocycles. The van der Waals surface area contributed by atoms with Crippen LogP contribution in [0.2, 0.25) is 0 Å². The van der Waals surface area contributed by atoms with E-state index in [0.717, 1.165) is 35.2 Å². The number of benzene rings is 2. The van der Waals surface area contributed by atoms with Crippen LogP contribution in [0.3, 0.4) is 0 Å². The number of hydrogen-bond donors (Lipinski definition) is 3. The molecule has 2 heterocycles. The summed E-state index contributed by atoms with van der Waals surface area (Å²) >= 11 is 0. The maximum atomic E-state index is 13.1. The molecule has 36 heavy (non-hydrogen) atoms. The highest BCUT2D eigenvalue weighted by Gasteiger charge is 2.38. The highest BCUT2D eigenvalue weighted by atomic mass is 16.5. The Hall–Kier alpha value is -3.49. The average Bonchev–Trinajstić information content (AvgIpc) is 2.87. The first-order chi connectivity index (χ1) is 17.3. The zero-order valence-corrected chi connectivity index (χ0v) is 21.1. The predicted molar refractivity (Wildman–Crippen MR) is 138 cm³/mol. The number of nitrogens with one attached hydrogen (secondary N) is 2. The second kappa shape index (κ2) is 11.1. The summed E-state index contributed by atoms with van der Waals surface area (Å²) in [7, 11) is 0. The summed E-state index contributed by atoms with van der Waals surface area (Å²) in [5.41, 5.74) is 4.42. The van der Waals surface area contributed by atoms with Gasteiger partial charge in [0.15, 0.2) is 0 Å². The van der Waals surface area contributed by atoms with Gasteiger partial charge >= 0.3 is 0 Å². The Kier molecular flexibility index (Phi) is 7.86. The Morgan fingerprint density at radius 1 is 1.11 bits per heavy atom. The molecule has 3 aromatic rings. The van der Waals surface area contributed by atoms with Crippen molar-refractivity contribution < 1.29 is 19.5 Å². The monoisotopic (exact) mass is 490 g/mol. The van der Waals surface area contributed by atoms with E-state index in [1.165, 1.54) is 0 Å². The second-order valence-corrected chi connectivity index (χ2v) is 9.83. The van der Waals surface area contributed by atoms with Crippen LogP contribution in [0.15, 0.2) is 54.6 Å². The van der Waals surface area contributed by atoms with Crippen molar-refractivity contribution in [2.75, 3.05) is 13.1 Å². The smallest absolute Gasteiger partial charge is 0.251 e. The first-order valence-electron chi connectivity index (χ1n) is 12.4. The van der Waals surface area contributed by atoms with Gasteiger partial charge < -0.3 is 15.0 Å². The van der Waals surface area contributed by atoms with Gasteiger partial charge in [0, 0.05) is 41.3 Å². The number of amides is 2. The first kappa shape index (κ1) is 25.6. The zero-order valence-electron chi connectivity index (χ0n) is 21.1. The molecule has 1 saturated heterocycles. The first-order valence-corrected chi connectivity index (χ1v) is 12.4. The number of hydroxylamine groups is 1. The van der Waals surface area contributed by atoms with Gasteiger partial charge in [-0.05, 0) is 70.0 Å². The van der Waals surface area contributed by atoms with Crippen molar-refractivity contribution >= 4 is 22.7 Å². The summed E-state index contributed by atoms with van der Waals surface area (Å²) in [5.74, 6) is -0.0957. The van der Waals surface area contributed by atoms with Crippen LogP contribution in [0.4, 0.5) is 0 Å². The van der Waals surface area contributed by atoms with Crippen molar-refractivity contribution in [1.82, 2.24) is 20.7 Å². The Bertz CT molecular complexity index is 1220. The molecule has 1 fully saturated rings. The zero-order chi connectivity index (χ0) is 25.7. The normalized spacial score (nSPS) is 15.6. The number of carbonyl (C=O) groups is 2. The molecule has 1 aliphatic rings. The minimum atomic E-state index is -0.704. The summed E-state index contributed by atoms with van der Waals surface area (Å²) in [6, 6.07) is 17.4. The van der Waals surface area contributed by atoms with Crippen LogP contribution in [-0.2, 0) is 11.4 Å². The molecular formula is C28H34N4O4. The highest BCUT2D eigenvalue weighted by Crippen LogP contribution is 2.28. The number of aryl methyl sites for hydroxylation is 1. The predicted octanol–water partition coefficient (Wildman–Crippen LogP) is 3.99. The molecule has 0 spiro atoms. The molecule has 0 aliphatic carbocycles. The Morgan fingerprint density at radius 2 is 1.81 bits per heavy atom. The summed E-state index contributed by atoms with van der Waals surface area (Å²) < 4.78 is 6.02. The van der Waals surface area contributed by atoms with E-state index in [9.17, 15) is 9.59 Å². The maximum absolute atomic E-state index is 13.1. The fraction of sp³-hybridized carbons (Fsp3) is 0.393. The average molecular weight is 491 g/mol. The Balaban J connectivity index is 1.42. The van der Waals surface area contributed by atoms with Gasteiger partial charge in [0.05, 0.1) is 17.5 Å². The van der Waals surface area contributed by atoms with Crippen LogP contribution >= 0.6 is 0 Å². The Morgan fingerprint density at radius 3 is 2.47 bits per heavy atom. The summed E-state index contributed by atoms with van der Waals surface area (Å²) in [6.07, 6.45) is 1.29. The standard InChI is InChI=1S/C28H34N4O4/c1-19(2)32-14-12-28(13-15-32,17-26(33)31-35)30-27(34)21-8-10-23(11-9-21)36-18-22-16-20(3)29-25-7-5-4-6-24(22)25/h4-11,16,19,35H,12-15,17-18H2,1-3H3,(H,30,34)(H,31,33). The summed E-state index contributed by atoms with van der Waals surface area (Å²) in [4.78, 5) is 32.0. The summed E-state index contributed by atoms with van der Waals surface area (Å²) in [6.45, 7) is 8.16. The van der Waals surface area contributed by atoms with E-state index in [1.807, 2.05) is 37.3 Å². The molecule has 1 aliphatic heterocycles. The number of fused-ring (bicyclic) bond motifs is 1. The third-order valence-electron chi connectivity index (χ3n) is 6.93. The quantitative estimate of drug-likeness (QED) is 0.326. The highest BCUT2D eigenvalue weighted by molar-refractivity contribution is 5.95. The van der Waals surface area contributed by atoms with Crippen molar-refractivity contribution in [3.63, 3.8) is 0 Å². The number of likely N-dealkylation sites (tertiary alicyclic amines) is 1. The van der Waals surface area contributed by atoms with E-state index in [0.29, 0.717) is 36.8 Å². The van der Waals surface area contributed by atoms with Gasteiger partial charge in [-0.1, -0.05) is 18.2 Å². The van der Waals surface area contributed by atoms with Crippen LogP contribution < -0.4 is 15.5 Å². The number of para-hydroxylation sites is 1. The third kappa shape index (κ3) is 6.01. The van der Waals surface area contributed by atoms with Gasteiger partial charge in [-0.25, -0.2) is 5.48 Å². The molecule has 8 nitrogen and oxygen atoms in total. The molecule has 4 rings (SSSR count). The van der Waals surface area contributed by atoms with Gasteiger partial charge in [-0.3, -0.25) is 19.8 Å². The van der Waals surface area contributed by atoms with Crippen molar-refractivity contribution in [3.8, 4) is 5.75 Å². The fourth-order valence-electron chi connectivity index (χ4n) is 4.85. The molecule has 2 amide bonds. The van der Waals surface area contributed by atoms with Crippen LogP contribution in [0, 0.1) is 6.92 Å². The lowest BCUT2D eigenvalue weighted by Crippen LogP contribution is -2.57. The number of ether oxygens (including phenoxy) is 1. The molecular weight excluding hydrogens is 456 g/mol. The molecule has 0 saturated carbocycles. The number of carbonyl (C=O) groups excluding carboxylic acids is 2. The molecule has 0 bridgehead atoms. The number of aromatic nitrogens is 1. The van der Waals surface area contributed by atoms with Gasteiger partial charge in [0.25, 0.3) is 5.91 Å². The largest absolute Gasteiger partial charge is 0.489 e. The summed E-state index contributed by atoms with van der Waals surface area (Å²) in [5, 5.41) is 13.2. The van der Waals surface area contributed by atoms with Gasteiger partial charge in [0.1, 0.15) is 12.4 Å². The minimum Gasteiger partial charge on any atom is -0.489 e. The number of rotatable bonds is 8. The van der Waals surface area contributed by atoms with E-state index in [2.05, 4.69) is 29.0 Å². The number of pyridine rings is 1. The van der Waals surface area contributed by atoms with E-state index >= 15 is 0 Å². The second-order valence-electron chi connectivity index (χ2n) is 9.83. The molecule has 0 unspecified atom stereocenters. The van der Waals surface area contributed by atoms with Crippen molar-refractivity contribution in [3.05, 3.63) is 71.4 Å². The molecule has 1 aromatic heterocycles. The lowest BCUT2D eigenvalue weighted by atomic mass is 9.83. The van der Waals surface area contributed by atoms with Crippen molar-refractivity contribution in [1.29, 1.82) is 0 Å². The number of hydrogen-bond acceptors (Lipinski definition) is 6. The molecule has 3 N–H and O–H groups in total. The SMILES string of the molecule is Cc1cc(COc2ccc(C(=O)NC3(CC(=O)NO)CCN(C(C)C)CC3)cc2)c2ccccc2n1. The van der Waals surface area contributed by atoms with Gasteiger partial charge in [-0.2, -0.15) is 0 Å². The lowest BCUT2D eigenvalue weighted by Gasteiger charge is -2.43. The van der Waals surface area contributed by atoms with Crippen LogP contribution in [-0.4, -0.2) is 51.6 Å². The van der Waals surface area contributed by atoms with E-state index in [-0.39, 0.29) is 12.3 Å². The number of piperidine rings is 1. The van der Waals surface area contributed by atoms with Crippen molar-refractivity contribution in [2.24, 2.45) is 0 Å². The maximum Gasteiger partial charge on any atom is 0.251 e. The van der Waals surface area contributed by atoms with E-state index < -0.39 is 11.4 Å². The molecule has 0 radical (unpaired) electrons. The lowest BCUT2D eigenvalue weighted by molar-refractivity contribution is -0.131. The fourth-order valence-corrected chi connectivity index (χ4v) is 4.85. The topological polar surface area (TPSA) is 104 Å². The Labute approximate surface area is 211 Å². The third-order valence-corrected chi connectivity index (χ3v) is 6.93. The van der Waals surface area contributed by atoms with Gasteiger partial charge in [-0.15, -0.1) is 0 Å². The molecule has 8 heteroatoms. The van der Waals surface area contributed by atoms with E-state index in [1.54, 1.807) is 29.7 Å². The number of nitrogens with zero attached hydrogens (tertiary/aromatic N) is 2. The van der Waals surface area contributed by atoms with Crippen LogP contribution in [0.1, 0.15) is 54.7 Å². The molecule has 190 valence electrons. The van der Waals surface area contributed by atoms with E-state index in [4.69, 9.17) is 9.94 Å². The van der Waals surface area contributed by atoms with Crippen LogP contribution in [0.5, 0.6) is 5.75 Å². The van der Waals surface area contributed by atoms with Gasteiger partial charge in [0.2, 0.25) is 5.91 Å². The molecule has 0 atom stereocenters.